The zero-order valence-corrected chi connectivity index (χ0v) is 19.6. The number of amides is 3. The van der Waals surface area contributed by atoms with E-state index in [4.69, 9.17) is 11.6 Å². The molecule has 0 unspecified atom stereocenters. The van der Waals surface area contributed by atoms with Gasteiger partial charge in [-0.15, -0.1) is 0 Å². The molecule has 0 bridgehead atoms. The van der Waals surface area contributed by atoms with Crippen LogP contribution in [0.2, 0.25) is 5.15 Å². The number of hydrogen-bond donors (Lipinski definition) is 2. The predicted molar refractivity (Wildman–Crippen MR) is 125 cm³/mol. The zero-order valence-electron chi connectivity index (χ0n) is 18.9. The second kappa shape index (κ2) is 9.69. The van der Waals surface area contributed by atoms with Crippen molar-refractivity contribution in [3.05, 3.63) is 58.4 Å². The molecule has 1 aliphatic rings. The van der Waals surface area contributed by atoms with E-state index in [-0.39, 0.29) is 53.1 Å². The predicted octanol–water partition coefficient (Wildman–Crippen LogP) is 3.74. The molecule has 2 aromatic rings. The maximum Gasteiger partial charge on any atom is 0.253 e. The minimum absolute atomic E-state index is 0.0390. The Labute approximate surface area is 193 Å². The second-order valence-electron chi connectivity index (χ2n) is 8.41. The van der Waals surface area contributed by atoms with Gasteiger partial charge >= 0.3 is 0 Å². The summed E-state index contributed by atoms with van der Waals surface area (Å²) in [5, 5.41) is 5.60. The van der Waals surface area contributed by atoms with Gasteiger partial charge in [-0.3, -0.25) is 14.4 Å². The lowest BCUT2D eigenvalue weighted by Crippen LogP contribution is -2.66. The van der Waals surface area contributed by atoms with Crippen LogP contribution < -0.4 is 10.6 Å². The van der Waals surface area contributed by atoms with Gasteiger partial charge in [0.2, 0.25) is 11.8 Å². The topological polar surface area (TPSA) is 91.4 Å². The van der Waals surface area contributed by atoms with E-state index >= 15 is 0 Å². The van der Waals surface area contributed by atoms with Crippen molar-refractivity contribution in [3.8, 4) is 0 Å². The van der Waals surface area contributed by atoms with Crippen LogP contribution in [0.3, 0.4) is 0 Å². The Morgan fingerprint density at radius 1 is 1.22 bits per heavy atom. The van der Waals surface area contributed by atoms with Crippen LogP contribution in [-0.2, 0) is 15.0 Å². The molecule has 1 aliphatic heterocycles. The van der Waals surface area contributed by atoms with Crippen molar-refractivity contribution in [2.75, 3.05) is 25.5 Å². The molecular formula is C24H29ClN4O3. The summed E-state index contributed by atoms with van der Waals surface area (Å²) in [4.78, 5) is 44.3. The zero-order chi connectivity index (χ0) is 23.5. The number of carbonyl (C=O) groups is 3. The summed E-state index contributed by atoms with van der Waals surface area (Å²) in [5.74, 6) is -0.415. The summed E-state index contributed by atoms with van der Waals surface area (Å²) in [6, 6.07) is 9.26. The standard InChI is InChI=1S/C24H29ClN4O3/c1-5-8-21(30)29-13-24(14-29,18-10-7-6-9-16(18)15(2)3)23(32)28-19-12-27-20(25)11-17(19)22(31)26-4/h6-7,9-12,15H,5,8,13-14H2,1-4H3,(H,26,31)(H,28,32). The van der Waals surface area contributed by atoms with E-state index in [9.17, 15) is 14.4 Å². The Kier molecular flexibility index (Phi) is 7.19. The van der Waals surface area contributed by atoms with Gasteiger partial charge in [0.15, 0.2) is 0 Å². The van der Waals surface area contributed by atoms with E-state index in [1.807, 2.05) is 31.2 Å². The lowest BCUT2D eigenvalue weighted by atomic mass is 9.69. The van der Waals surface area contributed by atoms with Gasteiger partial charge < -0.3 is 15.5 Å². The number of hydrogen-bond acceptors (Lipinski definition) is 4. The molecule has 0 aliphatic carbocycles. The van der Waals surface area contributed by atoms with E-state index in [0.29, 0.717) is 6.42 Å². The molecule has 0 radical (unpaired) electrons. The highest BCUT2D eigenvalue weighted by atomic mass is 35.5. The van der Waals surface area contributed by atoms with Crippen molar-refractivity contribution in [3.63, 3.8) is 0 Å². The second-order valence-corrected chi connectivity index (χ2v) is 8.80. The monoisotopic (exact) mass is 456 g/mol. The minimum Gasteiger partial charge on any atom is -0.355 e. The third-order valence-corrected chi connectivity index (χ3v) is 6.07. The Morgan fingerprint density at radius 3 is 2.53 bits per heavy atom. The molecule has 32 heavy (non-hydrogen) atoms. The number of likely N-dealkylation sites (tertiary alicyclic amines) is 1. The summed E-state index contributed by atoms with van der Waals surface area (Å²) in [5.41, 5.74) is 1.55. The summed E-state index contributed by atoms with van der Waals surface area (Å²) in [6.45, 7) is 6.70. The van der Waals surface area contributed by atoms with Gasteiger partial charge in [-0.05, 0) is 29.5 Å². The molecule has 1 fully saturated rings. The van der Waals surface area contributed by atoms with Crippen molar-refractivity contribution in [1.82, 2.24) is 15.2 Å². The first-order valence-electron chi connectivity index (χ1n) is 10.8. The van der Waals surface area contributed by atoms with Crippen LogP contribution in [0.1, 0.15) is 61.0 Å². The smallest absolute Gasteiger partial charge is 0.253 e. The molecule has 3 rings (SSSR count). The number of anilines is 1. The maximum atomic E-state index is 13.7. The van der Waals surface area contributed by atoms with Crippen LogP contribution >= 0.6 is 11.6 Å². The molecule has 0 atom stereocenters. The number of rotatable bonds is 7. The fourth-order valence-electron chi connectivity index (χ4n) is 4.12. The first-order valence-corrected chi connectivity index (χ1v) is 11.2. The Balaban J connectivity index is 2.01. The summed E-state index contributed by atoms with van der Waals surface area (Å²) in [6.07, 6.45) is 2.58. The highest BCUT2D eigenvalue weighted by Gasteiger charge is 2.53. The highest BCUT2D eigenvalue weighted by Crippen LogP contribution is 2.40. The van der Waals surface area contributed by atoms with E-state index in [0.717, 1.165) is 17.5 Å². The van der Waals surface area contributed by atoms with Crippen LogP contribution in [0.5, 0.6) is 0 Å². The number of halogens is 1. The lowest BCUT2D eigenvalue weighted by molar-refractivity contribution is -0.144. The first-order chi connectivity index (χ1) is 15.2. The highest BCUT2D eigenvalue weighted by molar-refractivity contribution is 6.30. The fraction of sp³-hybridized carbons (Fsp3) is 0.417. The third kappa shape index (κ3) is 4.48. The normalized spacial score (nSPS) is 14.6. The third-order valence-electron chi connectivity index (χ3n) is 5.86. The number of benzene rings is 1. The number of aromatic nitrogens is 1. The van der Waals surface area contributed by atoms with Crippen LogP contribution in [0.15, 0.2) is 36.5 Å². The molecule has 7 nitrogen and oxygen atoms in total. The van der Waals surface area contributed by atoms with Gasteiger partial charge in [0, 0.05) is 26.6 Å². The van der Waals surface area contributed by atoms with Crippen LogP contribution in [-0.4, -0.2) is 47.7 Å². The molecule has 1 aromatic heterocycles. The van der Waals surface area contributed by atoms with Crippen molar-refractivity contribution in [1.29, 1.82) is 0 Å². The van der Waals surface area contributed by atoms with Gasteiger partial charge in [-0.1, -0.05) is 56.6 Å². The Hall–Kier alpha value is -2.93. The molecule has 0 spiro atoms. The molecular weight excluding hydrogens is 428 g/mol. The van der Waals surface area contributed by atoms with Crippen LogP contribution in [0.4, 0.5) is 5.69 Å². The van der Waals surface area contributed by atoms with Gasteiger partial charge in [0.25, 0.3) is 5.91 Å². The van der Waals surface area contributed by atoms with Gasteiger partial charge in [0.05, 0.1) is 17.4 Å². The molecule has 3 amide bonds. The van der Waals surface area contributed by atoms with Gasteiger partial charge in [0.1, 0.15) is 10.6 Å². The van der Waals surface area contributed by atoms with Gasteiger partial charge in [-0.25, -0.2) is 4.98 Å². The molecule has 1 aromatic carbocycles. The average molecular weight is 457 g/mol. The molecule has 2 heterocycles. The molecule has 8 heteroatoms. The lowest BCUT2D eigenvalue weighted by Gasteiger charge is -2.50. The summed E-state index contributed by atoms with van der Waals surface area (Å²) >= 11 is 5.97. The SMILES string of the molecule is CCCC(=O)N1CC(C(=O)Nc2cnc(Cl)cc2C(=O)NC)(c2ccccc2C(C)C)C1. The van der Waals surface area contributed by atoms with Crippen LogP contribution in [0, 0.1) is 0 Å². The Morgan fingerprint density at radius 2 is 1.91 bits per heavy atom. The van der Waals surface area contributed by atoms with Crippen LogP contribution in [0.25, 0.3) is 0 Å². The number of nitrogens with one attached hydrogen (secondary N) is 2. The van der Waals surface area contributed by atoms with Crippen molar-refractivity contribution in [2.45, 2.75) is 44.9 Å². The van der Waals surface area contributed by atoms with Crippen molar-refractivity contribution >= 4 is 35.0 Å². The number of nitrogens with zero attached hydrogens (tertiary/aromatic N) is 2. The Bertz CT molecular complexity index is 1030. The fourth-order valence-corrected chi connectivity index (χ4v) is 4.28. The average Bonchev–Trinajstić information content (AvgIpc) is 2.74. The van der Waals surface area contributed by atoms with Gasteiger partial charge in [-0.2, -0.15) is 0 Å². The van der Waals surface area contributed by atoms with E-state index < -0.39 is 5.41 Å². The summed E-state index contributed by atoms with van der Waals surface area (Å²) < 4.78 is 0. The molecule has 2 N–H and O–H groups in total. The number of carbonyl (C=O) groups excluding carboxylic acids is 3. The van der Waals surface area contributed by atoms with E-state index in [1.54, 1.807) is 4.90 Å². The quantitative estimate of drug-likeness (QED) is 0.621. The largest absolute Gasteiger partial charge is 0.355 e. The molecule has 1 saturated heterocycles. The van der Waals surface area contributed by atoms with E-state index in [1.165, 1.54) is 19.3 Å². The van der Waals surface area contributed by atoms with Crippen molar-refractivity contribution in [2.24, 2.45) is 0 Å². The van der Waals surface area contributed by atoms with E-state index in [2.05, 4.69) is 29.5 Å². The molecule has 170 valence electrons. The summed E-state index contributed by atoms with van der Waals surface area (Å²) in [7, 11) is 1.51. The first kappa shape index (κ1) is 23.7. The number of pyridine rings is 1. The van der Waals surface area contributed by atoms with Crippen molar-refractivity contribution < 1.29 is 14.4 Å². The molecule has 0 saturated carbocycles. The minimum atomic E-state index is -0.913. The maximum absolute atomic E-state index is 13.7.